The second-order valence-electron chi connectivity index (χ2n) is 4.02. The molecule has 0 aliphatic carbocycles. The molecule has 0 aromatic heterocycles. The summed E-state index contributed by atoms with van der Waals surface area (Å²) in [5.41, 5.74) is 6.73. The third-order valence-corrected chi connectivity index (χ3v) is 3.04. The molecular formula is C14H11ClFNOS. The van der Waals surface area contributed by atoms with E-state index in [2.05, 4.69) is 0 Å². The van der Waals surface area contributed by atoms with Crippen LogP contribution in [0.4, 0.5) is 4.39 Å². The normalized spacial score (nSPS) is 10.3. The molecule has 0 spiro atoms. The number of halogens is 2. The summed E-state index contributed by atoms with van der Waals surface area (Å²) in [5, 5.41) is 0.606. The van der Waals surface area contributed by atoms with Gasteiger partial charge in [-0.1, -0.05) is 23.8 Å². The Bertz CT molecular complexity index is 645. The molecule has 0 amide bonds. The standard InChI is InChI=1S/C14H11ClFNOS/c1-8-6-10(15)3-5-12(8)18-13-4-2-9(14(17)19)7-11(13)16/h2-7H,1H3,(H2,17,19). The van der Waals surface area contributed by atoms with Crippen molar-refractivity contribution in [3.63, 3.8) is 0 Å². The molecule has 0 radical (unpaired) electrons. The Labute approximate surface area is 120 Å². The maximum Gasteiger partial charge on any atom is 0.166 e. The first-order valence-corrected chi connectivity index (χ1v) is 6.29. The zero-order valence-corrected chi connectivity index (χ0v) is 11.7. The fourth-order valence-electron chi connectivity index (χ4n) is 1.58. The molecule has 2 nitrogen and oxygen atoms in total. The quantitative estimate of drug-likeness (QED) is 0.861. The number of hydrogen-bond donors (Lipinski definition) is 1. The van der Waals surface area contributed by atoms with Crippen molar-refractivity contribution in [2.24, 2.45) is 5.73 Å². The highest BCUT2D eigenvalue weighted by Gasteiger charge is 2.09. The molecule has 2 aromatic carbocycles. The van der Waals surface area contributed by atoms with Gasteiger partial charge >= 0.3 is 0 Å². The fraction of sp³-hybridized carbons (Fsp3) is 0.0714. The number of benzene rings is 2. The van der Waals surface area contributed by atoms with Crippen molar-refractivity contribution in [1.82, 2.24) is 0 Å². The van der Waals surface area contributed by atoms with Crippen LogP contribution >= 0.6 is 23.8 Å². The lowest BCUT2D eigenvalue weighted by atomic mass is 10.2. The third-order valence-electron chi connectivity index (χ3n) is 2.57. The van der Waals surface area contributed by atoms with Gasteiger partial charge in [-0.05, 0) is 48.9 Å². The minimum absolute atomic E-state index is 0.116. The Morgan fingerprint density at radius 2 is 1.89 bits per heavy atom. The molecule has 0 unspecified atom stereocenters. The first kappa shape index (κ1) is 13.8. The molecular weight excluding hydrogens is 285 g/mol. The number of nitrogens with two attached hydrogens (primary N) is 1. The molecule has 0 aliphatic rings. The molecule has 0 saturated heterocycles. The van der Waals surface area contributed by atoms with Gasteiger partial charge < -0.3 is 10.5 Å². The largest absolute Gasteiger partial charge is 0.454 e. The summed E-state index contributed by atoms with van der Waals surface area (Å²) in [4.78, 5) is 0.146. The van der Waals surface area contributed by atoms with Crippen LogP contribution in [0.5, 0.6) is 11.5 Å². The summed E-state index contributed by atoms with van der Waals surface area (Å²) in [5.74, 6) is 0.149. The monoisotopic (exact) mass is 295 g/mol. The fourth-order valence-corrected chi connectivity index (χ4v) is 1.94. The van der Waals surface area contributed by atoms with Gasteiger partial charge in [0.05, 0.1) is 0 Å². The summed E-state index contributed by atoms with van der Waals surface area (Å²) in [6.45, 7) is 1.84. The minimum Gasteiger partial charge on any atom is -0.454 e. The van der Waals surface area contributed by atoms with Crippen LogP contribution in [0.25, 0.3) is 0 Å². The van der Waals surface area contributed by atoms with Crippen molar-refractivity contribution in [2.45, 2.75) is 6.92 Å². The molecule has 98 valence electrons. The molecule has 2 rings (SSSR count). The Balaban J connectivity index is 2.31. The maximum atomic E-state index is 13.8. The Hall–Kier alpha value is -1.65. The van der Waals surface area contributed by atoms with E-state index in [0.717, 1.165) is 5.56 Å². The SMILES string of the molecule is Cc1cc(Cl)ccc1Oc1ccc(C(N)=S)cc1F. The second-order valence-corrected chi connectivity index (χ2v) is 4.90. The molecule has 0 saturated carbocycles. The lowest BCUT2D eigenvalue weighted by Gasteiger charge is -2.10. The third kappa shape index (κ3) is 3.22. The number of ether oxygens (including phenoxy) is 1. The first-order valence-electron chi connectivity index (χ1n) is 5.51. The van der Waals surface area contributed by atoms with Crippen molar-refractivity contribution in [3.05, 3.63) is 58.4 Å². The minimum atomic E-state index is -0.514. The van der Waals surface area contributed by atoms with E-state index >= 15 is 0 Å². The van der Waals surface area contributed by atoms with E-state index in [1.807, 2.05) is 6.92 Å². The molecule has 2 aromatic rings. The van der Waals surface area contributed by atoms with Crippen LogP contribution in [0.3, 0.4) is 0 Å². The van der Waals surface area contributed by atoms with Gasteiger partial charge in [0.2, 0.25) is 0 Å². The van der Waals surface area contributed by atoms with Crippen LogP contribution in [-0.2, 0) is 0 Å². The van der Waals surface area contributed by atoms with Crippen LogP contribution in [0.2, 0.25) is 5.02 Å². The van der Waals surface area contributed by atoms with Crippen LogP contribution in [0.15, 0.2) is 36.4 Å². The van der Waals surface area contributed by atoms with Crippen LogP contribution in [0, 0.1) is 12.7 Å². The van der Waals surface area contributed by atoms with Crippen molar-refractivity contribution < 1.29 is 9.13 Å². The van der Waals surface area contributed by atoms with E-state index in [1.165, 1.54) is 12.1 Å². The average Bonchev–Trinajstić information content (AvgIpc) is 2.34. The van der Waals surface area contributed by atoms with Gasteiger partial charge in [-0.15, -0.1) is 0 Å². The lowest BCUT2D eigenvalue weighted by molar-refractivity contribution is 0.439. The van der Waals surface area contributed by atoms with Crippen molar-refractivity contribution in [1.29, 1.82) is 0 Å². The highest BCUT2D eigenvalue weighted by atomic mass is 35.5. The van der Waals surface area contributed by atoms with Gasteiger partial charge in [0, 0.05) is 10.6 Å². The summed E-state index contributed by atoms with van der Waals surface area (Å²) < 4.78 is 19.4. The van der Waals surface area contributed by atoms with Gasteiger partial charge in [0.25, 0.3) is 0 Å². The first-order chi connectivity index (χ1) is 8.97. The maximum absolute atomic E-state index is 13.8. The number of rotatable bonds is 3. The van der Waals surface area contributed by atoms with Gasteiger partial charge in [-0.3, -0.25) is 0 Å². The molecule has 0 bridgehead atoms. The summed E-state index contributed by atoms with van der Waals surface area (Å²) in [6.07, 6.45) is 0. The molecule has 0 aliphatic heterocycles. The van der Waals surface area contributed by atoms with Crippen molar-refractivity contribution >= 4 is 28.8 Å². The molecule has 2 N–H and O–H groups in total. The van der Waals surface area contributed by atoms with E-state index in [4.69, 9.17) is 34.3 Å². The van der Waals surface area contributed by atoms with Crippen molar-refractivity contribution in [3.8, 4) is 11.5 Å². The smallest absolute Gasteiger partial charge is 0.166 e. The molecule has 5 heteroatoms. The lowest BCUT2D eigenvalue weighted by Crippen LogP contribution is -2.09. The predicted molar refractivity (Wildman–Crippen MR) is 78.6 cm³/mol. The average molecular weight is 296 g/mol. The topological polar surface area (TPSA) is 35.2 Å². The number of thiocarbonyl (C=S) groups is 1. The van der Waals surface area contributed by atoms with E-state index in [1.54, 1.807) is 24.3 Å². The van der Waals surface area contributed by atoms with Gasteiger partial charge in [-0.2, -0.15) is 0 Å². The zero-order chi connectivity index (χ0) is 14.0. The molecule has 0 atom stereocenters. The van der Waals surface area contributed by atoms with Gasteiger partial charge in [0.1, 0.15) is 10.7 Å². The highest BCUT2D eigenvalue weighted by molar-refractivity contribution is 7.80. The Morgan fingerprint density at radius 1 is 1.21 bits per heavy atom. The van der Waals surface area contributed by atoms with E-state index in [-0.39, 0.29) is 10.7 Å². The van der Waals surface area contributed by atoms with Crippen LogP contribution in [-0.4, -0.2) is 4.99 Å². The van der Waals surface area contributed by atoms with E-state index < -0.39 is 5.82 Å². The summed E-state index contributed by atoms with van der Waals surface area (Å²) in [7, 11) is 0. The highest BCUT2D eigenvalue weighted by Crippen LogP contribution is 2.29. The van der Waals surface area contributed by atoms with Gasteiger partial charge in [-0.25, -0.2) is 4.39 Å². The Kier molecular flexibility index (Phi) is 4.02. The van der Waals surface area contributed by atoms with Crippen LogP contribution < -0.4 is 10.5 Å². The Morgan fingerprint density at radius 3 is 2.47 bits per heavy atom. The van der Waals surface area contributed by atoms with E-state index in [0.29, 0.717) is 16.3 Å². The zero-order valence-electron chi connectivity index (χ0n) is 10.1. The van der Waals surface area contributed by atoms with E-state index in [9.17, 15) is 4.39 Å². The van der Waals surface area contributed by atoms with Crippen LogP contribution in [0.1, 0.15) is 11.1 Å². The summed E-state index contributed by atoms with van der Waals surface area (Å²) in [6, 6.07) is 9.49. The molecule has 19 heavy (non-hydrogen) atoms. The summed E-state index contributed by atoms with van der Waals surface area (Å²) >= 11 is 10.6. The number of aryl methyl sites for hydroxylation is 1. The van der Waals surface area contributed by atoms with Gasteiger partial charge in [0.15, 0.2) is 11.6 Å². The van der Waals surface area contributed by atoms with Crippen molar-refractivity contribution in [2.75, 3.05) is 0 Å². The second kappa shape index (κ2) is 5.55. The number of hydrogen-bond acceptors (Lipinski definition) is 2. The predicted octanol–water partition coefficient (Wildman–Crippen LogP) is 4.21. The molecule has 0 fully saturated rings. The molecule has 0 heterocycles.